The fourth-order valence-electron chi connectivity index (χ4n) is 1.65. The highest BCUT2D eigenvalue weighted by Crippen LogP contribution is 2.19. The van der Waals surface area contributed by atoms with E-state index < -0.39 is 17.7 Å². The number of pyridine rings is 1. The number of nitrogens with zero attached hydrogens (tertiary/aromatic N) is 1. The minimum Gasteiger partial charge on any atom is -0.506 e. The number of aromatic hydroxyl groups is 1. The van der Waals surface area contributed by atoms with Crippen LogP contribution in [0, 0.1) is 5.82 Å². The minimum atomic E-state index is -0.709. The van der Waals surface area contributed by atoms with Crippen LogP contribution in [0.3, 0.4) is 0 Å². The summed E-state index contributed by atoms with van der Waals surface area (Å²) in [7, 11) is 1.18. The summed E-state index contributed by atoms with van der Waals surface area (Å²) in [4.78, 5) is 27.2. The fourth-order valence-corrected chi connectivity index (χ4v) is 1.65. The number of benzene rings is 1. The molecule has 2 rings (SSSR count). The van der Waals surface area contributed by atoms with Gasteiger partial charge in [0.05, 0.1) is 30.1 Å². The van der Waals surface area contributed by atoms with Crippen LogP contribution >= 0.6 is 0 Å². The molecule has 7 heteroatoms. The molecule has 1 aromatic carbocycles. The summed E-state index contributed by atoms with van der Waals surface area (Å²) in [5.41, 5.74) is 0.0469. The van der Waals surface area contributed by atoms with E-state index in [4.69, 9.17) is 0 Å². The van der Waals surface area contributed by atoms with E-state index in [2.05, 4.69) is 15.0 Å². The Kier molecular flexibility index (Phi) is 4.13. The van der Waals surface area contributed by atoms with Gasteiger partial charge in [-0.2, -0.15) is 0 Å². The van der Waals surface area contributed by atoms with E-state index in [1.807, 2.05) is 0 Å². The number of halogens is 1. The second-order valence-corrected chi connectivity index (χ2v) is 4.07. The molecule has 108 valence electrons. The number of carbonyl (C=O) groups is 2. The molecule has 1 amide bonds. The van der Waals surface area contributed by atoms with E-state index in [9.17, 15) is 19.1 Å². The van der Waals surface area contributed by atoms with E-state index in [0.717, 1.165) is 12.1 Å². The first-order chi connectivity index (χ1) is 10.0. The Hall–Kier alpha value is -2.96. The molecule has 0 fully saturated rings. The number of hydrogen-bond donors (Lipinski definition) is 2. The molecule has 0 atom stereocenters. The summed E-state index contributed by atoms with van der Waals surface area (Å²) < 4.78 is 17.8. The average molecular weight is 290 g/mol. The number of nitrogens with one attached hydrogen (secondary N) is 1. The van der Waals surface area contributed by atoms with Crippen LogP contribution < -0.4 is 5.32 Å². The van der Waals surface area contributed by atoms with Crippen molar-refractivity contribution in [2.45, 2.75) is 0 Å². The third-order valence-corrected chi connectivity index (χ3v) is 2.62. The molecule has 0 aliphatic carbocycles. The van der Waals surface area contributed by atoms with Crippen molar-refractivity contribution in [3.05, 3.63) is 53.6 Å². The van der Waals surface area contributed by atoms with Crippen molar-refractivity contribution in [1.82, 2.24) is 4.98 Å². The van der Waals surface area contributed by atoms with Gasteiger partial charge in [0.15, 0.2) is 0 Å². The molecule has 0 saturated carbocycles. The molecule has 0 aliphatic heterocycles. The molecule has 0 spiro atoms. The lowest BCUT2D eigenvalue weighted by Gasteiger charge is -2.10. The predicted molar refractivity (Wildman–Crippen MR) is 71.6 cm³/mol. The van der Waals surface area contributed by atoms with E-state index in [-0.39, 0.29) is 22.6 Å². The highest BCUT2D eigenvalue weighted by molar-refractivity contribution is 6.08. The van der Waals surface area contributed by atoms with Crippen molar-refractivity contribution < 1.29 is 23.8 Å². The highest BCUT2D eigenvalue weighted by Gasteiger charge is 2.16. The molecule has 0 radical (unpaired) electrons. The van der Waals surface area contributed by atoms with Gasteiger partial charge >= 0.3 is 5.97 Å². The van der Waals surface area contributed by atoms with Crippen LogP contribution in [0.5, 0.6) is 5.75 Å². The maximum absolute atomic E-state index is 13.3. The van der Waals surface area contributed by atoms with Crippen molar-refractivity contribution in [2.24, 2.45) is 0 Å². The number of amides is 1. The molecule has 0 aliphatic rings. The zero-order valence-electron chi connectivity index (χ0n) is 11.0. The first kappa shape index (κ1) is 14.4. The Bertz CT molecular complexity index is 703. The number of rotatable bonds is 3. The van der Waals surface area contributed by atoms with Gasteiger partial charge in [-0.15, -0.1) is 0 Å². The second-order valence-electron chi connectivity index (χ2n) is 4.07. The molecule has 21 heavy (non-hydrogen) atoms. The SMILES string of the molecule is COC(=O)c1ccc(F)cc1NC(=O)c1cncc(O)c1. The topological polar surface area (TPSA) is 88.5 Å². The van der Waals surface area contributed by atoms with Crippen LogP contribution in [-0.4, -0.2) is 29.1 Å². The predicted octanol–water partition coefficient (Wildman–Crippen LogP) is 1.97. The molecule has 2 N–H and O–H groups in total. The van der Waals surface area contributed by atoms with Crippen LogP contribution in [0.1, 0.15) is 20.7 Å². The summed E-state index contributed by atoms with van der Waals surface area (Å²) in [6.45, 7) is 0. The fraction of sp³-hybridized carbons (Fsp3) is 0.0714. The summed E-state index contributed by atoms with van der Waals surface area (Å²) in [5.74, 6) is -2.16. The zero-order chi connectivity index (χ0) is 15.4. The van der Waals surface area contributed by atoms with Crippen molar-refractivity contribution in [2.75, 3.05) is 12.4 Å². The van der Waals surface area contributed by atoms with Crippen molar-refractivity contribution in [3.63, 3.8) is 0 Å². The minimum absolute atomic E-state index is 0.0142. The van der Waals surface area contributed by atoms with Crippen molar-refractivity contribution in [1.29, 1.82) is 0 Å². The van der Waals surface area contributed by atoms with Gasteiger partial charge in [0.25, 0.3) is 5.91 Å². The van der Waals surface area contributed by atoms with Crippen LogP contribution in [-0.2, 0) is 4.74 Å². The molecule has 1 heterocycles. The van der Waals surface area contributed by atoms with Gasteiger partial charge in [0.1, 0.15) is 11.6 Å². The molecule has 0 saturated heterocycles. The lowest BCUT2D eigenvalue weighted by atomic mass is 10.1. The highest BCUT2D eigenvalue weighted by atomic mass is 19.1. The van der Waals surface area contributed by atoms with Gasteiger partial charge < -0.3 is 15.2 Å². The molecule has 2 aromatic rings. The summed E-state index contributed by atoms with van der Waals surface area (Å²) in [6, 6.07) is 4.48. The number of ether oxygens (including phenoxy) is 1. The molecular formula is C14H11FN2O4. The summed E-state index contributed by atoms with van der Waals surface area (Å²) in [5, 5.41) is 11.7. The van der Waals surface area contributed by atoms with Crippen LogP contribution in [0.25, 0.3) is 0 Å². The van der Waals surface area contributed by atoms with Crippen LogP contribution in [0.15, 0.2) is 36.7 Å². The van der Waals surface area contributed by atoms with E-state index in [1.54, 1.807) is 0 Å². The number of hydrogen-bond acceptors (Lipinski definition) is 5. The number of carbonyl (C=O) groups excluding carboxylic acids is 2. The Morgan fingerprint density at radius 3 is 2.71 bits per heavy atom. The Labute approximate surface area is 119 Å². The first-order valence-corrected chi connectivity index (χ1v) is 5.84. The van der Waals surface area contributed by atoms with E-state index in [1.165, 1.54) is 31.6 Å². The van der Waals surface area contributed by atoms with Gasteiger partial charge in [-0.05, 0) is 24.3 Å². The second kappa shape index (κ2) is 6.00. The molecule has 1 aromatic heterocycles. The summed E-state index contributed by atoms with van der Waals surface area (Å²) in [6.07, 6.45) is 2.39. The third-order valence-electron chi connectivity index (χ3n) is 2.62. The van der Waals surface area contributed by atoms with E-state index >= 15 is 0 Å². The Morgan fingerprint density at radius 1 is 1.29 bits per heavy atom. The van der Waals surface area contributed by atoms with Crippen LogP contribution in [0.2, 0.25) is 0 Å². The molecule has 0 bridgehead atoms. The maximum Gasteiger partial charge on any atom is 0.339 e. The molecule has 0 unspecified atom stereocenters. The molecule has 6 nitrogen and oxygen atoms in total. The Balaban J connectivity index is 2.32. The zero-order valence-corrected chi connectivity index (χ0v) is 11.0. The Morgan fingerprint density at radius 2 is 2.05 bits per heavy atom. The van der Waals surface area contributed by atoms with Gasteiger partial charge in [-0.3, -0.25) is 9.78 Å². The number of methoxy groups -OCH3 is 1. The number of esters is 1. The largest absolute Gasteiger partial charge is 0.506 e. The number of aromatic nitrogens is 1. The van der Waals surface area contributed by atoms with Crippen molar-refractivity contribution in [3.8, 4) is 5.75 Å². The normalized spacial score (nSPS) is 10.0. The third kappa shape index (κ3) is 3.33. The smallest absolute Gasteiger partial charge is 0.339 e. The van der Waals surface area contributed by atoms with Gasteiger partial charge in [-0.1, -0.05) is 0 Å². The lowest BCUT2D eigenvalue weighted by molar-refractivity contribution is 0.0602. The van der Waals surface area contributed by atoms with Gasteiger partial charge in [0.2, 0.25) is 0 Å². The maximum atomic E-state index is 13.3. The number of anilines is 1. The average Bonchev–Trinajstić information content (AvgIpc) is 2.46. The summed E-state index contributed by atoms with van der Waals surface area (Å²) >= 11 is 0. The van der Waals surface area contributed by atoms with Crippen molar-refractivity contribution >= 4 is 17.6 Å². The van der Waals surface area contributed by atoms with Crippen LogP contribution in [0.4, 0.5) is 10.1 Å². The van der Waals surface area contributed by atoms with Gasteiger partial charge in [0, 0.05) is 6.20 Å². The molecular weight excluding hydrogens is 279 g/mol. The standard InChI is InChI=1S/C14H11FN2O4/c1-21-14(20)11-3-2-9(15)5-12(11)17-13(19)8-4-10(18)7-16-6-8/h2-7,18H,1H3,(H,17,19). The van der Waals surface area contributed by atoms with E-state index in [0.29, 0.717) is 0 Å². The quantitative estimate of drug-likeness (QED) is 0.844. The monoisotopic (exact) mass is 290 g/mol. The first-order valence-electron chi connectivity index (χ1n) is 5.84. The lowest BCUT2D eigenvalue weighted by Crippen LogP contribution is -2.15. The van der Waals surface area contributed by atoms with Gasteiger partial charge in [-0.25, -0.2) is 9.18 Å².